The Labute approximate surface area is 151 Å². The molecule has 2 heterocycles. The Morgan fingerprint density at radius 3 is 2.20 bits per heavy atom. The zero-order valence-corrected chi connectivity index (χ0v) is 15.3. The number of hydrogen-bond donors (Lipinski definition) is 1. The van der Waals surface area contributed by atoms with Gasteiger partial charge in [0.25, 0.3) is 0 Å². The van der Waals surface area contributed by atoms with Crippen LogP contribution in [0.1, 0.15) is 38.5 Å². The average Bonchev–Trinajstić information content (AvgIpc) is 3.34. The first-order chi connectivity index (χ1) is 12.2. The molecule has 1 saturated carbocycles. The van der Waals surface area contributed by atoms with Crippen LogP contribution in [0.3, 0.4) is 0 Å². The highest BCUT2D eigenvalue weighted by molar-refractivity contribution is 5.82. The van der Waals surface area contributed by atoms with Crippen LogP contribution in [-0.2, 0) is 4.79 Å². The normalized spacial score (nSPS) is 23.7. The van der Waals surface area contributed by atoms with Crippen molar-refractivity contribution in [2.45, 2.75) is 44.6 Å². The van der Waals surface area contributed by atoms with E-state index in [9.17, 15) is 9.59 Å². The van der Waals surface area contributed by atoms with Crippen molar-refractivity contribution in [2.24, 2.45) is 5.92 Å². The fraction of sp³-hybridized carbons (Fsp3) is 0.789. The van der Waals surface area contributed by atoms with Gasteiger partial charge in [-0.15, -0.1) is 6.58 Å². The first-order valence-corrected chi connectivity index (χ1v) is 9.87. The third kappa shape index (κ3) is 4.35. The molecule has 0 bridgehead atoms. The number of likely N-dealkylation sites (tertiary alicyclic amines) is 1. The summed E-state index contributed by atoms with van der Waals surface area (Å²) < 4.78 is 0. The SMILES string of the molecule is C=CCNC(=O)N1CCN([C@H](C(=O)N2CCCC2)C2CCCC2)CC1. The van der Waals surface area contributed by atoms with Crippen LogP contribution in [0.5, 0.6) is 0 Å². The van der Waals surface area contributed by atoms with E-state index in [1.807, 2.05) is 4.90 Å². The molecule has 0 aromatic rings. The number of piperazine rings is 1. The minimum atomic E-state index is -0.0252. The van der Waals surface area contributed by atoms with Gasteiger partial charge in [-0.2, -0.15) is 0 Å². The van der Waals surface area contributed by atoms with E-state index in [1.165, 1.54) is 25.7 Å². The monoisotopic (exact) mass is 348 g/mol. The Bertz CT molecular complexity index is 476. The van der Waals surface area contributed by atoms with Gasteiger partial charge in [0.05, 0.1) is 6.04 Å². The van der Waals surface area contributed by atoms with Crippen LogP contribution in [0.15, 0.2) is 12.7 Å². The van der Waals surface area contributed by atoms with Crippen molar-refractivity contribution in [1.82, 2.24) is 20.0 Å². The zero-order chi connectivity index (χ0) is 17.6. The lowest BCUT2D eigenvalue weighted by Crippen LogP contribution is -2.59. The summed E-state index contributed by atoms with van der Waals surface area (Å²) in [5.41, 5.74) is 0. The van der Waals surface area contributed by atoms with Crippen molar-refractivity contribution in [3.63, 3.8) is 0 Å². The number of rotatable bonds is 5. The van der Waals surface area contributed by atoms with Gasteiger partial charge in [-0.05, 0) is 31.6 Å². The van der Waals surface area contributed by atoms with E-state index in [-0.39, 0.29) is 12.1 Å². The van der Waals surface area contributed by atoms with E-state index < -0.39 is 0 Å². The van der Waals surface area contributed by atoms with Gasteiger partial charge in [-0.3, -0.25) is 9.69 Å². The first kappa shape index (κ1) is 18.2. The number of carbonyl (C=O) groups excluding carboxylic acids is 2. The number of hydrogen-bond acceptors (Lipinski definition) is 3. The third-order valence-corrected chi connectivity index (χ3v) is 5.91. The van der Waals surface area contributed by atoms with Crippen LogP contribution in [0.2, 0.25) is 0 Å². The summed E-state index contributed by atoms with van der Waals surface area (Å²) in [6, 6.07) is 0.00169. The maximum atomic E-state index is 13.2. The number of nitrogens with zero attached hydrogens (tertiary/aromatic N) is 3. The molecule has 3 fully saturated rings. The van der Waals surface area contributed by atoms with Crippen LogP contribution in [-0.4, -0.2) is 78.5 Å². The molecule has 0 spiro atoms. The van der Waals surface area contributed by atoms with Gasteiger partial charge in [0, 0.05) is 45.8 Å². The average molecular weight is 348 g/mol. The number of nitrogens with one attached hydrogen (secondary N) is 1. The molecular weight excluding hydrogens is 316 g/mol. The highest BCUT2D eigenvalue weighted by Gasteiger charge is 2.39. The predicted molar refractivity (Wildman–Crippen MR) is 98.3 cm³/mol. The fourth-order valence-electron chi connectivity index (χ4n) is 4.53. The van der Waals surface area contributed by atoms with Crippen molar-refractivity contribution < 1.29 is 9.59 Å². The largest absolute Gasteiger partial charge is 0.341 e. The van der Waals surface area contributed by atoms with E-state index in [4.69, 9.17) is 0 Å². The lowest BCUT2D eigenvalue weighted by molar-refractivity contribution is -0.138. The van der Waals surface area contributed by atoms with Crippen LogP contribution in [0, 0.1) is 5.92 Å². The van der Waals surface area contributed by atoms with Crippen molar-refractivity contribution in [3.8, 4) is 0 Å². The standard InChI is InChI=1S/C19H32N4O2/c1-2-9-20-19(25)23-14-12-21(13-15-23)17(16-7-3-4-8-16)18(24)22-10-5-6-11-22/h2,16-17H,1,3-15H2,(H,20,25)/t17-/m0/s1. The highest BCUT2D eigenvalue weighted by atomic mass is 16.2. The predicted octanol–water partition coefficient (Wildman–Crippen LogP) is 1.68. The van der Waals surface area contributed by atoms with Crippen molar-refractivity contribution in [3.05, 3.63) is 12.7 Å². The topological polar surface area (TPSA) is 55.9 Å². The van der Waals surface area contributed by atoms with E-state index in [0.717, 1.165) is 39.0 Å². The minimum absolute atomic E-state index is 0.0252. The summed E-state index contributed by atoms with van der Waals surface area (Å²) in [5, 5.41) is 2.84. The molecule has 2 saturated heterocycles. The second-order valence-electron chi connectivity index (χ2n) is 7.52. The Balaban J connectivity index is 1.61. The van der Waals surface area contributed by atoms with Crippen molar-refractivity contribution in [2.75, 3.05) is 45.8 Å². The maximum Gasteiger partial charge on any atom is 0.317 e. The Hall–Kier alpha value is -1.56. The molecule has 0 unspecified atom stereocenters. The second kappa shape index (κ2) is 8.70. The van der Waals surface area contributed by atoms with Gasteiger partial charge in [0.15, 0.2) is 0 Å². The van der Waals surface area contributed by atoms with Crippen molar-refractivity contribution >= 4 is 11.9 Å². The first-order valence-electron chi connectivity index (χ1n) is 9.87. The van der Waals surface area contributed by atoms with Gasteiger partial charge in [0.1, 0.15) is 0 Å². The lowest BCUT2D eigenvalue weighted by Gasteiger charge is -2.41. The molecule has 0 aromatic carbocycles. The van der Waals surface area contributed by atoms with Crippen LogP contribution in [0.4, 0.5) is 4.79 Å². The molecule has 6 nitrogen and oxygen atoms in total. The van der Waals surface area contributed by atoms with E-state index in [2.05, 4.69) is 21.7 Å². The summed E-state index contributed by atoms with van der Waals surface area (Å²) in [6.07, 6.45) is 8.81. The summed E-state index contributed by atoms with van der Waals surface area (Å²) in [6.45, 7) is 8.95. The molecule has 3 aliphatic rings. The molecule has 1 aliphatic carbocycles. The summed E-state index contributed by atoms with van der Waals surface area (Å²) >= 11 is 0. The summed E-state index contributed by atoms with van der Waals surface area (Å²) in [5.74, 6) is 0.836. The fourth-order valence-corrected chi connectivity index (χ4v) is 4.53. The molecule has 3 amide bonds. The zero-order valence-electron chi connectivity index (χ0n) is 15.3. The molecule has 3 rings (SSSR count). The Kier molecular flexibility index (Phi) is 6.34. The van der Waals surface area contributed by atoms with Gasteiger partial charge in [-0.1, -0.05) is 18.9 Å². The number of carbonyl (C=O) groups is 2. The molecule has 140 valence electrons. The van der Waals surface area contributed by atoms with Gasteiger partial charge in [-0.25, -0.2) is 4.79 Å². The molecule has 25 heavy (non-hydrogen) atoms. The van der Waals surface area contributed by atoms with E-state index in [1.54, 1.807) is 6.08 Å². The molecule has 1 atom stereocenters. The highest BCUT2D eigenvalue weighted by Crippen LogP contribution is 2.32. The summed E-state index contributed by atoms with van der Waals surface area (Å²) in [4.78, 5) is 31.6. The van der Waals surface area contributed by atoms with E-state index in [0.29, 0.717) is 31.5 Å². The Morgan fingerprint density at radius 2 is 1.60 bits per heavy atom. The van der Waals surface area contributed by atoms with Gasteiger partial charge >= 0.3 is 6.03 Å². The molecule has 6 heteroatoms. The quantitative estimate of drug-likeness (QED) is 0.769. The maximum absolute atomic E-state index is 13.2. The van der Waals surface area contributed by atoms with Gasteiger partial charge < -0.3 is 15.1 Å². The van der Waals surface area contributed by atoms with Crippen molar-refractivity contribution in [1.29, 1.82) is 0 Å². The van der Waals surface area contributed by atoms with Crippen LogP contribution >= 0.6 is 0 Å². The smallest absolute Gasteiger partial charge is 0.317 e. The lowest BCUT2D eigenvalue weighted by atomic mass is 9.94. The number of urea groups is 1. The van der Waals surface area contributed by atoms with Gasteiger partial charge in [0.2, 0.25) is 5.91 Å². The second-order valence-corrected chi connectivity index (χ2v) is 7.52. The molecule has 0 radical (unpaired) electrons. The Morgan fingerprint density at radius 1 is 0.960 bits per heavy atom. The molecule has 1 N–H and O–H groups in total. The third-order valence-electron chi connectivity index (χ3n) is 5.91. The van der Waals surface area contributed by atoms with Crippen LogP contribution < -0.4 is 5.32 Å². The number of amides is 3. The molecular formula is C19H32N4O2. The summed E-state index contributed by atoms with van der Waals surface area (Å²) in [7, 11) is 0. The van der Waals surface area contributed by atoms with Crippen LogP contribution in [0.25, 0.3) is 0 Å². The van der Waals surface area contributed by atoms with E-state index >= 15 is 0 Å². The molecule has 0 aromatic heterocycles. The molecule has 2 aliphatic heterocycles. The minimum Gasteiger partial charge on any atom is -0.341 e.